The molecular formula is C20H23N3O3. The Kier molecular flexibility index (Phi) is 7.49. The van der Waals surface area contributed by atoms with Gasteiger partial charge in [0.05, 0.1) is 5.56 Å². The Balaban J connectivity index is 1.58. The Morgan fingerprint density at radius 1 is 0.923 bits per heavy atom. The third kappa shape index (κ3) is 6.47. The van der Waals surface area contributed by atoms with E-state index < -0.39 is 0 Å². The van der Waals surface area contributed by atoms with E-state index in [0.717, 1.165) is 5.56 Å². The van der Waals surface area contributed by atoms with Gasteiger partial charge in [-0.15, -0.1) is 0 Å². The first-order valence-electron chi connectivity index (χ1n) is 8.61. The number of carbonyl (C=O) groups is 3. The molecule has 6 heteroatoms. The predicted octanol–water partition coefficient (Wildman–Crippen LogP) is 2.29. The molecule has 0 radical (unpaired) electrons. The number of Topliss-reactive ketones (excluding diaryl/α,β-unsaturated/α-hetero) is 1. The number of pyridine rings is 1. The van der Waals surface area contributed by atoms with Crippen molar-refractivity contribution in [3.8, 4) is 0 Å². The van der Waals surface area contributed by atoms with Crippen LogP contribution in [-0.4, -0.2) is 35.7 Å². The summed E-state index contributed by atoms with van der Waals surface area (Å²) in [5, 5.41) is 5.52. The van der Waals surface area contributed by atoms with Crippen molar-refractivity contribution in [2.45, 2.75) is 26.2 Å². The summed E-state index contributed by atoms with van der Waals surface area (Å²) < 4.78 is 0. The fraction of sp³-hybridized carbons (Fsp3) is 0.300. The van der Waals surface area contributed by atoms with Gasteiger partial charge in [0.15, 0.2) is 5.78 Å². The minimum atomic E-state index is -0.187. The van der Waals surface area contributed by atoms with E-state index in [1.807, 2.05) is 19.1 Å². The molecule has 0 spiro atoms. The second-order valence-electron chi connectivity index (χ2n) is 5.99. The van der Waals surface area contributed by atoms with Gasteiger partial charge in [0.25, 0.3) is 5.91 Å². The Hall–Kier alpha value is -3.02. The molecule has 2 aromatic rings. The first-order chi connectivity index (χ1) is 12.6. The third-order valence-corrected chi connectivity index (χ3v) is 3.84. The Labute approximate surface area is 153 Å². The van der Waals surface area contributed by atoms with Gasteiger partial charge in [-0.05, 0) is 25.5 Å². The van der Waals surface area contributed by atoms with Crippen LogP contribution in [0.1, 0.15) is 45.5 Å². The lowest BCUT2D eigenvalue weighted by Crippen LogP contribution is -2.30. The summed E-state index contributed by atoms with van der Waals surface area (Å²) in [5.74, 6) is -0.388. The molecule has 2 rings (SSSR count). The Morgan fingerprint density at radius 2 is 1.65 bits per heavy atom. The molecule has 0 aliphatic rings. The molecule has 26 heavy (non-hydrogen) atoms. The van der Waals surface area contributed by atoms with Gasteiger partial charge in [0.2, 0.25) is 5.91 Å². The second-order valence-corrected chi connectivity index (χ2v) is 5.99. The van der Waals surface area contributed by atoms with Gasteiger partial charge in [0.1, 0.15) is 0 Å². The van der Waals surface area contributed by atoms with Crippen molar-refractivity contribution in [1.82, 2.24) is 15.6 Å². The fourth-order valence-electron chi connectivity index (χ4n) is 2.32. The molecule has 0 saturated carbocycles. The van der Waals surface area contributed by atoms with Crippen molar-refractivity contribution in [2.24, 2.45) is 0 Å². The normalized spacial score (nSPS) is 10.2. The van der Waals surface area contributed by atoms with Crippen LogP contribution in [0.3, 0.4) is 0 Å². The van der Waals surface area contributed by atoms with Crippen LogP contribution < -0.4 is 10.6 Å². The number of rotatable bonds is 9. The van der Waals surface area contributed by atoms with Gasteiger partial charge in [-0.25, -0.2) is 0 Å². The molecule has 2 amide bonds. The number of benzene rings is 1. The molecule has 0 fully saturated rings. The Bertz CT molecular complexity index is 743. The van der Waals surface area contributed by atoms with E-state index in [4.69, 9.17) is 0 Å². The maximum atomic E-state index is 12.0. The molecule has 0 bridgehead atoms. The molecular weight excluding hydrogens is 330 g/mol. The van der Waals surface area contributed by atoms with Crippen LogP contribution in [0.15, 0.2) is 48.8 Å². The maximum Gasteiger partial charge on any atom is 0.252 e. The molecule has 1 aromatic carbocycles. The number of nitrogens with zero attached hydrogens (tertiary/aromatic N) is 1. The van der Waals surface area contributed by atoms with E-state index in [-0.39, 0.29) is 30.4 Å². The minimum Gasteiger partial charge on any atom is -0.356 e. The van der Waals surface area contributed by atoms with Crippen molar-refractivity contribution in [3.63, 3.8) is 0 Å². The van der Waals surface area contributed by atoms with Crippen LogP contribution in [0, 0.1) is 6.92 Å². The van der Waals surface area contributed by atoms with Crippen LogP contribution in [0.4, 0.5) is 0 Å². The maximum absolute atomic E-state index is 12.0. The number of hydrogen-bond donors (Lipinski definition) is 2. The van der Waals surface area contributed by atoms with Gasteiger partial charge in [-0.1, -0.05) is 29.8 Å². The molecule has 1 aromatic heterocycles. The first-order valence-corrected chi connectivity index (χ1v) is 8.61. The van der Waals surface area contributed by atoms with Crippen molar-refractivity contribution in [3.05, 3.63) is 65.5 Å². The van der Waals surface area contributed by atoms with Gasteiger partial charge in [0, 0.05) is 43.9 Å². The summed E-state index contributed by atoms with van der Waals surface area (Å²) >= 11 is 0. The number of aryl methyl sites for hydroxylation is 1. The molecule has 0 atom stereocenters. The lowest BCUT2D eigenvalue weighted by molar-refractivity contribution is -0.121. The number of amides is 2. The summed E-state index contributed by atoms with van der Waals surface area (Å²) in [6.45, 7) is 2.86. The van der Waals surface area contributed by atoms with Gasteiger partial charge < -0.3 is 10.6 Å². The molecule has 0 saturated heterocycles. The van der Waals surface area contributed by atoms with Crippen molar-refractivity contribution in [1.29, 1.82) is 0 Å². The predicted molar refractivity (Wildman–Crippen MR) is 98.9 cm³/mol. The monoisotopic (exact) mass is 353 g/mol. The van der Waals surface area contributed by atoms with Crippen molar-refractivity contribution >= 4 is 17.6 Å². The second kappa shape index (κ2) is 10.1. The molecule has 0 aliphatic carbocycles. The van der Waals surface area contributed by atoms with E-state index in [2.05, 4.69) is 15.6 Å². The molecule has 136 valence electrons. The van der Waals surface area contributed by atoms with Crippen LogP contribution in [0.25, 0.3) is 0 Å². The summed E-state index contributed by atoms with van der Waals surface area (Å²) in [6.07, 6.45) is 4.07. The number of carbonyl (C=O) groups excluding carboxylic acids is 3. The molecule has 0 unspecified atom stereocenters. The average Bonchev–Trinajstić information content (AvgIpc) is 2.67. The summed E-state index contributed by atoms with van der Waals surface area (Å²) in [7, 11) is 0. The van der Waals surface area contributed by atoms with Gasteiger partial charge in [-0.3, -0.25) is 19.4 Å². The first kappa shape index (κ1) is 19.3. The highest BCUT2D eigenvalue weighted by atomic mass is 16.2. The summed E-state index contributed by atoms with van der Waals surface area (Å²) in [4.78, 5) is 39.5. The lowest BCUT2D eigenvalue weighted by Gasteiger charge is -2.07. The van der Waals surface area contributed by atoms with Crippen molar-refractivity contribution in [2.75, 3.05) is 13.1 Å². The topological polar surface area (TPSA) is 88.2 Å². The Morgan fingerprint density at radius 3 is 2.35 bits per heavy atom. The number of hydrogen-bond acceptors (Lipinski definition) is 4. The van der Waals surface area contributed by atoms with E-state index in [9.17, 15) is 14.4 Å². The van der Waals surface area contributed by atoms with E-state index >= 15 is 0 Å². The standard InChI is InChI=1S/C20H23N3O3/c1-15-5-7-16(8-6-15)18(24)9-10-19(25)22-12-3-13-23-20(26)17-4-2-11-21-14-17/h2,4-8,11,14H,3,9-10,12-13H2,1H3,(H,22,25)(H,23,26). The largest absolute Gasteiger partial charge is 0.356 e. The zero-order valence-corrected chi connectivity index (χ0v) is 14.8. The zero-order valence-electron chi connectivity index (χ0n) is 14.8. The highest BCUT2D eigenvalue weighted by Gasteiger charge is 2.09. The number of aromatic nitrogens is 1. The zero-order chi connectivity index (χ0) is 18.8. The minimum absolute atomic E-state index is 0.0381. The average molecular weight is 353 g/mol. The fourth-order valence-corrected chi connectivity index (χ4v) is 2.32. The van der Waals surface area contributed by atoms with E-state index in [0.29, 0.717) is 30.6 Å². The van der Waals surface area contributed by atoms with Crippen LogP contribution in [0.5, 0.6) is 0 Å². The van der Waals surface area contributed by atoms with Gasteiger partial charge >= 0.3 is 0 Å². The number of ketones is 1. The third-order valence-electron chi connectivity index (χ3n) is 3.84. The number of nitrogens with one attached hydrogen (secondary N) is 2. The smallest absolute Gasteiger partial charge is 0.252 e. The van der Waals surface area contributed by atoms with Gasteiger partial charge in [-0.2, -0.15) is 0 Å². The lowest BCUT2D eigenvalue weighted by atomic mass is 10.1. The quantitative estimate of drug-likeness (QED) is 0.535. The highest BCUT2D eigenvalue weighted by molar-refractivity contribution is 5.98. The van der Waals surface area contributed by atoms with E-state index in [1.165, 1.54) is 6.20 Å². The van der Waals surface area contributed by atoms with Crippen LogP contribution in [0.2, 0.25) is 0 Å². The van der Waals surface area contributed by atoms with E-state index in [1.54, 1.807) is 30.5 Å². The molecule has 6 nitrogen and oxygen atoms in total. The van der Waals surface area contributed by atoms with Crippen LogP contribution in [-0.2, 0) is 4.79 Å². The highest BCUT2D eigenvalue weighted by Crippen LogP contribution is 2.07. The molecule has 1 heterocycles. The van der Waals surface area contributed by atoms with Crippen LogP contribution >= 0.6 is 0 Å². The summed E-state index contributed by atoms with van der Waals surface area (Å²) in [6, 6.07) is 10.7. The molecule has 2 N–H and O–H groups in total. The van der Waals surface area contributed by atoms with Crippen molar-refractivity contribution < 1.29 is 14.4 Å². The summed E-state index contributed by atoms with van der Waals surface area (Å²) in [5.41, 5.74) is 2.22. The molecule has 0 aliphatic heterocycles. The SMILES string of the molecule is Cc1ccc(C(=O)CCC(=O)NCCCNC(=O)c2cccnc2)cc1.